The molecule has 0 saturated heterocycles. The van der Waals surface area contributed by atoms with Gasteiger partial charge in [0.15, 0.2) is 0 Å². The molecule has 4 saturated carbocycles. The Morgan fingerprint density at radius 2 is 1.44 bits per heavy atom. The molecule has 5 N–H and O–H groups in total. The fourth-order valence-corrected chi connectivity index (χ4v) is 10.6. The fourth-order valence-electron chi connectivity index (χ4n) is 10.6. The van der Waals surface area contributed by atoms with Gasteiger partial charge in [-0.05, 0) is 149 Å². The van der Waals surface area contributed by atoms with Crippen LogP contribution in [0.4, 0.5) is 0 Å². The zero-order chi connectivity index (χ0) is 27.9. The predicted molar refractivity (Wildman–Crippen MR) is 169 cm³/mol. The predicted octanol–water partition coefficient (Wildman–Crippen LogP) is 6.98. The lowest BCUT2D eigenvalue weighted by atomic mass is 9.44. The molecule has 4 rings (SSSR count). The van der Waals surface area contributed by atoms with E-state index in [4.69, 9.17) is 5.73 Å². The first-order valence-corrected chi connectivity index (χ1v) is 17.6. The van der Waals surface area contributed by atoms with E-state index < -0.39 is 0 Å². The molecule has 0 aromatic rings. The lowest BCUT2D eigenvalue weighted by Gasteiger charge is -2.61. The summed E-state index contributed by atoms with van der Waals surface area (Å²) in [5, 5.41) is 11.0. The maximum atomic E-state index is 5.55. The van der Waals surface area contributed by atoms with Gasteiger partial charge in [-0.2, -0.15) is 0 Å². The van der Waals surface area contributed by atoms with Crippen molar-refractivity contribution in [3.05, 3.63) is 0 Å². The zero-order valence-corrected chi connectivity index (χ0v) is 26.8. The third-order valence-electron chi connectivity index (χ3n) is 12.9. The van der Waals surface area contributed by atoms with E-state index in [0.29, 0.717) is 10.8 Å². The van der Waals surface area contributed by atoms with Crippen molar-refractivity contribution < 1.29 is 0 Å². The van der Waals surface area contributed by atoms with Crippen molar-refractivity contribution in [1.29, 1.82) is 0 Å². The van der Waals surface area contributed by atoms with Gasteiger partial charge in [0.25, 0.3) is 0 Å². The Balaban J connectivity index is 1.20. The molecule has 228 valence electrons. The highest BCUT2D eigenvalue weighted by Crippen LogP contribution is 2.68. The Morgan fingerprint density at radius 1 is 0.718 bits per heavy atom. The second kappa shape index (κ2) is 14.8. The van der Waals surface area contributed by atoms with E-state index in [1.807, 2.05) is 0 Å². The van der Waals surface area contributed by atoms with Gasteiger partial charge in [0, 0.05) is 19.1 Å². The average molecular weight is 545 g/mol. The van der Waals surface area contributed by atoms with Crippen LogP contribution in [0, 0.1) is 52.3 Å². The number of fused-ring (bicyclic) bond motifs is 5. The summed E-state index contributed by atoms with van der Waals surface area (Å²) in [5.41, 5.74) is 6.80. The first-order chi connectivity index (χ1) is 18.8. The molecule has 4 fully saturated rings. The van der Waals surface area contributed by atoms with Crippen molar-refractivity contribution in [3.63, 3.8) is 0 Å². The molecule has 0 aromatic heterocycles. The summed E-state index contributed by atoms with van der Waals surface area (Å²) in [6.07, 6.45) is 20.1. The van der Waals surface area contributed by atoms with Gasteiger partial charge < -0.3 is 21.7 Å². The van der Waals surface area contributed by atoms with Gasteiger partial charge in [-0.3, -0.25) is 0 Å². The molecule has 4 aliphatic rings. The molecule has 0 radical (unpaired) electrons. The number of nitrogens with two attached hydrogens (primary N) is 1. The van der Waals surface area contributed by atoms with Crippen LogP contribution in [-0.2, 0) is 0 Å². The molecule has 4 aliphatic carbocycles. The summed E-state index contributed by atoms with van der Waals surface area (Å²) in [6, 6.07) is 0.758. The van der Waals surface area contributed by atoms with Gasteiger partial charge in [0.05, 0.1) is 0 Å². The number of nitrogens with one attached hydrogen (secondary N) is 3. The van der Waals surface area contributed by atoms with Crippen molar-refractivity contribution in [1.82, 2.24) is 16.0 Å². The largest absolute Gasteiger partial charge is 0.330 e. The maximum Gasteiger partial charge on any atom is 0.00767 e. The van der Waals surface area contributed by atoms with E-state index in [9.17, 15) is 0 Å². The van der Waals surface area contributed by atoms with Crippen LogP contribution in [0.2, 0.25) is 0 Å². The van der Waals surface area contributed by atoms with Gasteiger partial charge in [0.1, 0.15) is 0 Å². The van der Waals surface area contributed by atoms with Gasteiger partial charge >= 0.3 is 0 Å². The minimum Gasteiger partial charge on any atom is -0.330 e. The van der Waals surface area contributed by atoms with Gasteiger partial charge in [-0.1, -0.05) is 53.9 Å². The summed E-state index contributed by atoms with van der Waals surface area (Å²) in [7, 11) is 0. The van der Waals surface area contributed by atoms with Crippen molar-refractivity contribution in [2.75, 3.05) is 39.3 Å². The van der Waals surface area contributed by atoms with Gasteiger partial charge in [-0.25, -0.2) is 0 Å². The highest BCUT2D eigenvalue weighted by Gasteiger charge is 2.60. The van der Waals surface area contributed by atoms with Crippen LogP contribution < -0.4 is 21.7 Å². The molecule has 0 spiro atoms. The number of hydrogen-bond acceptors (Lipinski definition) is 4. The van der Waals surface area contributed by atoms with Crippen LogP contribution in [0.5, 0.6) is 0 Å². The summed E-state index contributed by atoms with van der Waals surface area (Å²) >= 11 is 0. The molecular formula is C35H68N4. The summed E-state index contributed by atoms with van der Waals surface area (Å²) in [6.45, 7) is 19.2. The van der Waals surface area contributed by atoms with Crippen LogP contribution in [0.1, 0.15) is 125 Å². The molecule has 4 heteroatoms. The fraction of sp³-hybridized carbons (Fsp3) is 1.00. The minimum absolute atomic E-state index is 0.613. The maximum absolute atomic E-state index is 5.55. The van der Waals surface area contributed by atoms with Crippen molar-refractivity contribution in [2.24, 2.45) is 58.0 Å². The van der Waals surface area contributed by atoms with Crippen molar-refractivity contribution in [3.8, 4) is 0 Å². The van der Waals surface area contributed by atoms with Crippen molar-refractivity contribution >= 4 is 0 Å². The Kier molecular flexibility index (Phi) is 12.1. The first-order valence-electron chi connectivity index (χ1n) is 17.6. The third-order valence-corrected chi connectivity index (χ3v) is 12.9. The molecule has 0 amide bonds. The van der Waals surface area contributed by atoms with E-state index in [1.165, 1.54) is 83.6 Å². The number of rotatable bonds is 16. The van der Waals surface area contributed by atoms with E-state index in [2.05, 4.69) is 50.6 Å². The quantitative estimate of drug-likeness (QED) is 0.158. The smallest absolute Gasteiger partial charge is 0.00767 e. The zero-order valence-electron chi connectivity index (χ0n) is 26.8. The normalized spacial score (nSPS) is 38.8. The number of hydrogen-bond donors (Lipinski definition) is 4. The first kappa shape index (κ1) is 31.8. The third kappa shape index (κ3) is 7.63. The Morgan fingerprint density at radius 3 is 2.18 bits per heavy atom. The van der Waals surface area contributed by atoms with E-state index in [1.54, 1.807) is 6.42 Å². The lowest BCUT2D eigenvalue weighted by molar-refractivity contribution is -0.118. The molecule has 0 aliphatic heterocycles. The molecule has 0 aromatic carbocycles. The topological polar surface area (TPSA) is 62.1 Å². The van der Waals surface area contributed by atoms with Crippen LogP contribution in [-0.4, -0.2) is 45.3 Å². The van der Waals surface area contributed by atoms with E-state index in [-0.39, 0.29) is 0 Å². The lowest BCUT2D eigenvalue weighted by Crippen LogP contribution is -2.55. The van der Waals surface area contributed by atoms with Crippen LogP contribution in [0.3, 0.4) is 0 Å². The molecule has 3 unspecified atom stereocenters. The molecule has 0 bridgehead atoms. The summed E-state index contributed by atoms with van der Waals surface area (Å²) in [5.74, 6) is 6.79. The standard InChI is InChI=1S/C35H68N4/c1-26(2)9-6-10-27(3)31-13-14-32-30-12-11-28-25-29(39-22-8-21-38-24-23-37-20-7-19-36)15-17-34(28,4)33(30)16-18-35(31,32)5/h26-33,37-39H,6-25,36H2,1-5H3/t27-,28-,29+,30?,31-,32?,33?,34+,35-/m1/s1. The minimum atomic E-state index is 0.613. The van der Waals surface area contributed by atoms with Gasteiger partial charge in [0.2, 0.25) is 0 Å². The van der Waals surface area contributed by atoms with Crippen LogP contribution in [0.25, 0.3) is 0 Å². The Labute approximate surface area is 243 Å². The molecule has 0 heterocycles. The van der Waals surface area contributed by atoms with Crippen molar-refractivity contribution in [2.45, 2.75) is 131 Å². The highest BCUT2D eigenvalue weighted by molar-refractivity contribution is 5.10. The molecule has 39 heavy (non-hydrogen) atoms. The Hall–Kier alpha value is -0.160. The van der Waals surface area contributed by atoms with Crippen LogP contribution >= 0.6 is 0 Å². The van der Waals surface area contributed by atoms with E-state index in [0.717, 1.165) is 86.6 Å². The highest BCUT2D eigenvalue weighted by atomic mass is 15.0. The SMILES string of the molecule is CC(C)CCC[C@@H](C)[C@H]1CCC2C3CC[C@@H]4C[C@@H](NCCCNCCNCCCN)CC[C@]4(C)C3CC[C@@]21C. The average Bonchev–Trinajstić information content (AvgIpc) is 3.27. The second-order valence-electron chi connectivity index (χ2n) is 15.6. The molecule has 9 atom stereocenters. The summed E-state index contributed by atoms with van der Waals surface area (Å²) < 4.78 is 0. The van der Waals surface area contributed by atoms with E-state index >= 15 is 0 Å². The Bertz CT molecular complexity index is 711. The molecule has 4 nitrogen and oxygen atoms in total. The molecular weight excluding hydrogens is 476 g/mol. The van der Waals surface area contributed by atoms with Gasteiger partial charge in [-0.15, -0.1) is 0 Å². The van der Waals surface area contributed by atoms with Crippen LogP contribution in [0.15, 0.2) is 0 Å². The second-order valence-corrected chi connectivity index (χ2v) is 15.6. The monoisotopic (exact) mass is 545 g/mol. The summed E-state index contributed by atoms with van der Waals surface area (Å²) in [4.78, 5) is 0.